The van der Waals surface area contributed by atoms with Gasteiger partial charge in [0, 0.05) is 31.9 Å². The number of pyridine rings is 1. The van der Waals surface area contributed by atoms with E-state index in [1.807, 2.05) is 41.9 Å². The van der Waals surface area contributed by atoms with Crippen molar-refractivity contribution in [2.24, 2.45) is 4.99 Å². The standard InChI is InChI=1S/C15H19N5/c1-3-9-17-15(16-4-2)18-10-8-13-12-20-11-6-5-7-14(20)19-13/h1,5-7,11-12H,4,8-10H2,2H3,(H2,16,17,18). The molecule has 0 atom stereocenters. The second-order valence-corrected chi connectivity index (χ2v) is 4.27. The van der Waals surface area contributed by atoms with E-state index in [4.69, 9.17) is 6.42 Å². The van der Waals surface area contributed by atoms with Gasteiger partial charge in [0.05, 0.1) is 12.2 Å². The fraction of sp³-hybridized carbons (Fsp3) is 0.333. The average Bonchev–Trinajstić information content (AvgIpc) is 2.87. The zero-order chi connectivity index (χ0) is 14.2. The lowest BCUT2D eigenvalue weighted by atomic mass is 10.3. The molecule has 20 heavy (non-hydrogen) atoms. The number of fused-ring (bicyclic) bond motifs is 1. The molecule has 0 aliphatic heterocycles. The van der Waals surface area contributed by atoms with Crippen LogP contribution in [0.25, 0.3) is 5.65 Å². The van der Waals surface area contributed by atoms with Gasteiger partial charge < -0.3 is 15.0 Å². The summed E-state index contributed by atoms with van der Waals surface area (Å²) in [5.74, 6) is 3.28. The van der Waals surface area contributed by atoms with Crippen LogP contribution in [-0.2, 0) is 6.42 Å². The molecular weight excluding hydrogens is 250 g/mol. The maximum atomic E-state index is 5.23. The Balaban J connectivity index is 1.94. The maximum absolute atomic E-state index is 5.23. The van der Waals surface area contributed by atoms with Crippen molar-refractivity contribution >= 4 is 11.6 Å². The van der Waals surface area contributed by atoms with E-state index >= 15 is 0 Å². The lowest BCUT2D eigenvalue weighted by molar-refractivity contribution is 0.850. The molecule has 0 saturated carbocycles. The van der Waals surface area contributed by atoms with Gasteiger partial charge in [-0.15, -0.1) is 6.42 Å². The Morgan fingerprint density at radius 1 is 1.45 bits per heavy atom. The zero-order valence-corrected chi connectivity index (χ0v) is 11.6. The van der Waals surface area contributed by atoms with Crippen molar-refractivity contribution in [3.8, 4) is 12.3 Å². The van der Waals surface area contributed by atoms with Gasteiger partial charge in [0.2, 0.25) is 0 Å². The van der Waals surface area contributed by atoms with Crippen LogP contribution in [0.1, 0.15) is 12.6 Å². The number of rotatable bonds is 5. The van der Waals surface area contributed by atoms with Crippen LogP contribution in [0.15, 0.2) is 35.6 Å². The highest BCUT2D eigenvalue weighted by Crippen LogP contribution is 2.04. The number of terminal acetylenes is 1. The largest absolute Gasteiger partial charge is 0.357 e. The van der Waals surface area contributed by atoms with Crippen LogP contribution in [0.5, 0.6) is 0 Å². The van der Waals surface area contributed by atoms with Crippen LogP contribution in [0.2, 0.25) is 0 Å². The summed E-state index contributed by atoms with van der Waals surface area (Å²) in [6.07, 6.45) is 10.1. The number of aliphatic imine (C=N–C) groups is 1. The SMILES string of the molecule is C#CCNC(=NCCc1cn2ccccc2n1)NCC. The van der Waals surface area contributed by atoms with E-state index in [0.717, 1.165) is 30.3 Å². The minimum Gasteiger partial charge on any atom is -0.357 e. The molecule has 2 rings (SSSR count). The zero-order valence-electron chi connectivity index (χ0n) is 11.6. The third-order valence-corrected chi connectivity index (χ3v) is 2.75. The number of hydrogen-bond donors (Lipinski definition) is 2. The summed E-state index contributed by atoms with van der Waals surface area (Å²) in [6.45, 7) is 3.98. The average molecular weight is 269 g/mol. The van der Waals surface area contributed by atoms with Crippen LogP contribution >= 0.6 is 0 Å². The summed E-state index contributed by atoms with van der Waals surface area (Å²) in [5.41, 5.74) is 2.00. The molecule has 0 amide bonds. The van der Waals surface area contributed by atoms with E-state index in [1.54, 1.807) is 0 Å². The molecule has 0 spiro atoms. The van der Waals surface area contributed by atoms with Crippen LogP contribution in [0.4, 0.5) is 0 Å². The topological polar surface area (TPSA) is 53.7 Å². The lowest BCUT2D eigenvalue weighted by Crippen LogP contribution is -2.37. The van der Waals surface area contributed by atoms with Gasteiger partial charge in [0.15, 0.2) is 5.96 Å². The lowest BCUT2D eigenvalue weighted by Gasteiger charge is -2.08. The summed E-state index contributed by atoms with van der Waals surface area (Å²) < 4.78 is 2.01. The van der Waals surface area contributed by atoms with Crippen LogP contribution in [0.3, 0.4) is 0 Å². The monoisotopic (exact) mass is 269 g/mol. The van der Waals surface area contributed by atoms with Crippen molar-refractivity contribution in [1.82, 2.24) is 20.0 Å². The molecule has 0 aliphatic rings. The quantitative estimate of drug-likeness (QED) is 0.485. The highest BCUT2D eigenvalue weighted by molar-refractivity contribution is 5.79. The number of aromatic nitrogens is 2. The summed E-state index contributed by atoms with van der Waals surface area (Å²) in [5, 5.41) is 6.21. The van der Waals surface area contributed by atoms with E-state index in [2.05, 4.69) is 26.5 Å². The molecular formula is C15H19N5. The first kappa shape index (κ1) is 13.9. The number of guanidine groups is 1. The fourth-order valence-corrected chi connectivity index (χ4v) is 1.87. The normalized spacial score (nSPS) is 11.3. The number of hydrogen-bond acceptors (Lipinski definition) is 2. The molecule has 104 valence electrons. The van der Waals surface area contributed by atoms with E-state index in [0.29, 0.717) is 13.1 Å². The molecule has 2 aromatic heterocycles. The summed E-state index contributed by atoms with van der Waals surface area (Å²) in [4.78, 5) is 9.00. The highest BCUT2D eigenvalue weighted by Gasteiger charge is 2.00. The van der Waals surface area contributed by atoms with Gasteiger partial charge in [-0.1, -0.05) is 12.0 Å². The van der Waals surface area contributed by atoms with Gasteiger partial charge in [-0.05, 0) is 19.1 Å². The molecule has 0 aromatic carbocycles. The molecule has 2 N–H and O–H groups in total. The molecule has 0 saturated heterocycles. The van der Waals surface area contributed by atoms with Gasteiger partial charge >= 0.3 is 0 Å². The molecule has 0 unspecified atom stereocenters. The first-order valence-electron chi connectivity index (χ1n) is 6.71. The second kappa shape index (κ2) is 7.19. The third kappa shape index (κ3) is 3.75. The number of nitrogens with one attached hydrogen (secondary N) is 2. The van der Waals surface area contributed by atoms with Crippen LogP contribution < -0.4 is 10.6 Å². The van der Waals surface area contributed by atoms with Crippen molar-refractivity contribution in [3.05, 3.63) is 36.3 Å². The van der Waals surface area contributed by atoms with E-state index < -0.39 is 0 Å². The maximum Gasteiger partial charge on any atom is 0.192 e. The predicted octanol–water partition coefficient (Wildman–Crippen LogP) is 1.07. The van der Waals surface area contributed by atoms with E-state index in [-0.39, 0.29) is 0 Å². The predicted molar refractivity (Wildman–Crippen MR) is 81.7 cm³/mol. The molecule has 0 fully saturated rings. The van der Waals surface area contributed by atoms with Crippen molar-refractivity contribution in [3.63, 3.8) is 0 Å². The first-order chi connectivity index (χ1) is 9.83. The Morgan fingerprint density at radius 2 is 2.35 bits per heavy atom. The van der Waals surface area contributed by atoms with Gasteiger partial charge in [-0.2, -0.15) is 0 Å². The van der Waals surface area contributed by atoms with Gasteiger partial charge in [0.25, 0.3) is 0 Å². The Labute approximate surface area is 119 Å². The van der Waals surface area contributed by atoms with E-state index in [1.165, 1.54) is 0 Å². The van der Waals surface area contributed by atoms with Crippen molar-refractivity contribution in [1.29, 1.82) is 0 Å². The molecule has 2 heterocycles. The summed E-state index contributed by atoms with van der Waals surface area (Å²) in [6, 6.07) is 5.96. The van der Waals surface area contributed by atoms with Crippen molar-refractivity contribution in [2.75, 3.05) is 19.6 Å². The van der Waals surface area contributed by atoms with Crippen LogP contribution in [0, 0.1) is 12.3 Å². The molecule has 0 radical (unpaired) electrons. The third-order valence-electron chi connectivity index (χ3n) is 2.75. The summed E-state index contributed by atoms with van der Waals surface area (Å²) >= 11 is 0. The molecule has 0 aliphatic carbocycles. The summed E-state index contributed by atoms with van der Waals surface area (Å²) in [7, 11) is 0. The Kier molecular flexibility index (Phi) is 5.01. The molecule has 0 bridgehead atoms. The minimum atomic E-state index is 0.472. The highest BCUT2D eigenvalue weighted by atomic mass is 15.2. The van der Waals surface area contributed by atoms with Crippen molar-refractivity contribution < 1.29 is 0 Å². The first-order valence-corrected chi connectivity index (χ1v) is 6.71. The molecule has 2 aromatic rings. The Hall–Kier alpha value is -2.48. The Morgan fingerprint density at radius 3 is 3.10 bits per heavy atom. The van der Waals surface area contributed by atoms with Gasteiger partial charge in [0.1, 0.15) is 5.65 Å². The van der Waals surface area contributed by atoms with Crippen LogP contribution in [-0.4, -0.2) is 35.0 Å². The smallest absolute Gasteiger partial charge is 0.192 e. The number of imidazole rings is 1. The Bertz CT molecular complexity index is 587. The van der Waals surface area contributed by atoms with Gasteiger partial charge in [-0.3, -0.25) is 4.99 Å². The molecule has 5 nitrogen and oxygen atoms in total. The van der Waals surface area contributed by atoms with Crippen molar-refractivity contribution in [2.45, 2.75) is 13.3 Å². The van der Waals surface area contributed by atoms with E-state index in [9.17, 15) is 0 Å². The second-order valence-electron chi connectivity index (χ2n) is 4.27. The minimum absolute atomic E-state index is 0.472. The van der Waals surface area contributed by atoms with Gasteiger partial charge in [-0.25, -0.2) is 4.98 Å². The molecule has 5 heteroatoms. The number of nitrogens with zero attached hydrogens (tertiary/aromatic N) is 3. The fourth-order valence-electron chi connectivity index (χ4n) is 1.87.